The molecule has 0 aliphatic carbocycles. The SMILES string of the molecule is O=C(CCc1ccccc1)N1CCC(F)(C(=O)O)C1. The molecule has 1 unspecified atom stereocenters. The van der Waals surface area contributed by atoms with Gasteiger partial charge in [-0.2, -0.15) is 0 Å². The van der Waals surface area contributed by atoms with Crippen molar-refractivity contribution in [1.82, 2.24) is 4.90 Å². The first-order chi connectivity index (χ1) is 9.01. The minimum Gasteiger partial charge on any atom is -0.479 e. The fraction of sp³-hybridized carbons (Fsp3) is 0.429. The molecule has 4 nitrogen and oxygen atoms in total. The van der Waals surface area contributed by atoms with Crippen molar-refractivity contribution in [3.8, 4) is 0 Å². The number of benzene rings is 1. The van der Waals surface area contributed by atoms with Crippen molar-refractivity contribution in [1.29, 1.82) is 0 Å². The summed E-state index contributed by atoms with van der Waals surface area (Å²) in [7, 11) is 0. The summed E-state index contributed by atoms with van der Waals surface area (Å²) in [5.74, 6) is -1.67. The van der Waals surface area contributed by atoms with Gasteiger partial charge in [0.1, 0.15) is 0 Å². The number of amides is 1. The number of hydrogen-bond acceptors (Lipinski definition) is 2. The van der Waals surface area contributed by atoms with Crippen molar-refractivity contribution in [2.24, 2.45) is 0 Å². The van der Waals surface area contributed by atoms with E-state index < -0.39 is 11.6 Å². The van der Waals surface area contributed by atoms with Gasteiger partial charge < -0.3 is 10.0 Å². The van der Waals surface area contributed by atoms with Crippen molar-refractivity contribution in [3.05, 3.63) is 35.9 Å². The molecule has 0 bridgehead atoms. The van der Waals surface area contributed by atoms with Crippen LogP contribution in [0.2, 0.25) is 0 Å². The third-order valence-electron chi connectivity index (χ3n) is 3.43. The standard InChI is InChI=1S/C14H16FNO3/c15-14(13(18)19)8-9-16(10-14)12(17)7-6-11-4-2-1-3-5-11/h1-5H,6-10H2,(H,18,19). The second-order valence-electron chi connectivity index (χ2n) is 4.82. The summed E-state index contributed by atoms with van der Waals surface area (Å²) < 4.78 is 13.8. The van der Waals surface area contributed by atoms with E-state index in [-0.39, 0.29) is 31.8 Å². The number of carboxylic acids is 1. The van der Waals surface area contributed by atoms with Crippen molar-refractivity contribution < 1.29 is 19.1 Å². The number of carbonyl (C=O) groups is 2. The van der Waals surface area contributed by atoms with Crippen molar-refractivity contribution in [3.63, 3.8) is 0 Å². The summed E-state index contributed by atoms with van der Waals surface area (Å²) in [5, 5.41) is 8.77. The van der Waals surface area contributed by atoms with Gasteiger partial charge in [0, 0.05) is 19.4 Å². The van der Waals surface area contributed by atoms with Crippen molar-refractivity contribution >= 4 is 11.9 Å². The zero-order chi connectivity index (χ0) is 13.9. The molecule has 0 spiro atoms. The quantitative estimate of drug-likeness (QED) is 0.900. The summed E-state index contributed by atoms with van der Waals surface area (Å²) in [6.07, 6.45) is 0.738. The summed E-state index contributed by atoms with van der Waals surface area (Å²) in [6.45, 7) is -0.160. The van der Waals surface area contributed by atoms with Crippen LogP contribution in [-0.2, 0) is 16.0 Å². The number of alkyl halides is 1. The van der Waals surface area contributed by atoms with Gasteiger partial charge in [0.15, 0.2) is 0 Å². The molecule has 19 heavy (non-hydrogen) atoms. The van der Waals surface area contributed by atoms with Gasteiger partial charge in [-0.25, -0.2) is 9.18 Å². The topological polar surface area (TPSA) is 57.6 Å². The highest BCUT2D eigenvalue weighted by molar-refractivity contribution is 5.82. The number of halogens is 1. The van der Waals surface area contributed by atoms with E-state index in [4.69, 9.17) is 5.11 Å². The lowest BCUT2D eigenvalue weighted by Gasteiger charge is -2.17. The Morgan fingerprint density at radius 1 is 1.32 bits per heavy atom. The molecule has 1 aromatic rings. The molecular weight excluding hydrogens is 249 g/mol. The molecule has 1 amide bonds. The normalized spacial score (nSPS) is 22.5. The second kappa shape index (κ2) is 5.38. The van der Waals surface area contributed by atoms with Crippen LogP contribution in [0.3, 0.4) is 0 Å². The molecule has 0 saturated carbocycles. The fourth-order valence-electron chi connectivity index (χ4n) is 2.21. The van der Waals surface area contributed by atoms with Gasteiger partial charge in [-0.3, -0.25) is 4.79 Å². The van der Waals surface area contributed by atoms with Gasteiger partial charge in [-0.15, -0.1) is 0 Å². The number of nitrogens with zero attached hydrogens (tertiary/aromatic N) is 1. The molecule has 1 aliphatic rings. The van der Waals surface area contributed by atoms with Crippen LogP contribution < -0.4 is 0 Å². The maximum atomic E-state index is 13.8. The Bertz CT molecular complexity index is 477. The van der Waals surface area contributed by atoms with Crippen LogP contribution in [0.5, 0.6) is 0 Å². The van der Waals surface area contributed by atoms with Crippen LogP contribution >= 0.6 is 0 Å². The predicted octanol–water partition coefficient (Wildman–Crippen LogP) is 1.64. The van der Waals surface area contributed by atoms with E-state index in [1.165, 1.54) is 4.90 Å². The van der Waals surface area contributed by atoms with Crippen molar-refractivity contribution in [2.45, 2.75) is 24.9 Å². The number of hydrogen-bond donors (Lipinski definition) is 1. The monoisotopic (exact) mass is 265 g/mol. The maximum absolute atomic E-state index is 13.8. The first kappa shape index (κ1) is 13.5. The molecule has 102 valence electrons. The maximum Gasteiger partial charge on any atom is 0.343 e. The summed E-state index contributed by atoms with van der Waals surface area (Å²) in [4.78, 5) is 24.0. The number of aryl methyl sites for hydroxylation is 1. The Hall–Kier alpha value is -1.91. The van der Waals surface area contributed by atoms with Gasteiger partial charge in [0.05, 0.1) is 6.54 Å². The third kappa shape index (κ3) is 3.10. The minimum absolute atomic E-state index is 0.126. The average Bonchev–Trinajstić information content (AvgIpc) is 2.81. The number of carboxylic acid groups (broad SMARTS) is 1. The zero-order valence-corrected chi connectivity index (χ0v) is 10.5. The highest BCUT2D eigenvalue weighted by atomic mass is 19.1. The molecule has 0 aromatic heterocycles. The van der Waals surface area contributed by atoms with Crippen LogP contribution in [0.15, 0.2) is 30.3 Å². The van der Waals surface area contributed by atoms with E-state index >= 15 is 0 Å². The van der Waals surface area contributed by atoms with Crippen LogP contribution in [0.1, 0.15) is 18.4 Å². The lowest BCUT2D eigenvalue weighted by molar-refractivity contribution is -0.150. The third-order valence-corrected chi connectivity index (χ3v) is 3.43. The Morgan fingerprint density at radius 2 is 2.00 bits per heavy atom. The lowest BCUT2D eigenvalue weighted by atomic mass is 10.1. The predicted molar refractivity (Wildman–Crippen MR) is 67.4 cm³/mol. The molecule has 1 saturated heterocycles. The van der Waals surface area contributed by atoms with Gasteiger partial charge in [0.25, 0.3) is 0 Å². The molecule has 1 atom stereocenters. The molecule has 1 fully saturated rings. The number of likely N-dealkylation sites (tertiary alicyclic amines) is 1. The number of aliphatic carboxylic acids is 1. The van der Waals surface area contributed by atoms with E-state index in [1.807, 2.05) is 30.3 Å². The molecular formula is C14H16FNO3. The zero-order valence-electron chi connectivity index (χ0n) is 10.5. The summed E-state index contributed by atoms with van der Waals surface area (Å²) in [5.41, 5.74) is -1.23. The number of carbonyl (C=O) groups excluding carboxylic acids is 1. The molecule has 5 heteroatoms. The minimum atomic E-state index is -2.28. The average molecular weight is 265 g/mol. The smallest absolute Gasteiger partial charge is 0.343 e. The fourth-order valence-corrected chi connectivity index (χ4v) is 2.21. The largest absolute Gasteiger partial charge is 0.479 e. The number of rotatable bonds is 4. The molecule has 1 aliphatic heterocycles. The van der Waals surface area contributed by atoms with E-state index in [0.717, 1.165) is 5.56 Å². The van der Waals surface area contributed by atoms with E-state index in [1.54, 1.807) is 0 Å². The lowest BCUT2D eigenvalue weighted by Crippen LogP contribution is -2.38. The van der Waals surface area contributed by atoms with Crippen LogP contribution in [-0.4, -0.2) is 40.6 Å². The Balaban J connectivity index is 1.87. The first-order valence-electron chi connectivity index (χ1n) is 6.25. The highest BCUT2D eigenvalue weighted by Crippen LogP contribution is 2.26. The summed E-state index contributed by atoms with van der Waals surface area (Å²) >= 11 is 0. The molecule has 1 N–H and O–H groups in total. The molecule has 2 rings (SSSR count). The van der Waals surface area contributed by atoms with Crippen molar-refractivity contribution in [2.75, 3.05) is 13.1 Å². The van der Waals surface area contributed by atoms with Crippen LogP contribution in [0.25, 0.3) is 0 Å². The molecule has 0 radical (unpaired) electrons. The highest BCUT2D eigenvalue weighted by Gasteiger charge is 2.46. The first-order valence-corrected chi connectivity index (χ1v) is 6.25. The van der Waals surface area contributed by atoms with Crippen LogP contribution in [0, 0.1) is 0 Å². The summed E-state index contributed by atoms with van der Waals surface area (Å²) in [6, 6.07) is 9.54. The molecule has 1 heterocycles. The van der Waals surface area contributed by atoms with Gasteiger partial charge in [-0.05, 0) is 12.0 Å². The van der Waals surface area contributed by atoms with Gasteiger partial charge >= 0.3 is 5.97 Å². The van der Waals surface area contributed by atoms with E-state index in [2.05, 4.69) is 0 Å². The van der Waals surface area contributed by atoms with Crippen LogP contribution in [0.4, 0.5) is 4.39 Å². The van der Waals surface area contributed by atoms with Gasteiger partial charge in [0.2, 0.25) is 11.6 Å². The Labute approximate surface area is 110 Å². The van der Waals surface area contributed by atoms with E-state index in [9.17, 15) is 14.0 Å². The Morgan fingerprint density at radius 3 is 2.58 bits per heavy atom. The molecule has 1 aromatic carbocycles. The second-order valence-corrected chi connectivity index (χ2v) is 4.82. The van der Waals surface area contributed by atoms with Gasteiger partial charge in [-0.1, -0.05) is 30.3 Å². The van der Waals surface area contributed by atoms with E-state index in [0.29, 0.717) is 6.42 Å². The Kier molecular flexibility index (Phi) is 3.83.